The van der Waals surface area contributed by atoms with Crippen molar-refractivity contribution in [1.82, 2.24) is 5.32 Å². The molecule has 1 rings (SSSR count). The molecule has 0 unspecified atom stereocenters. The molecule has 0 aromatic heterocycles. The molecule has 1 aromatic rings. The smallest absolute Gasteiger partial charge is 0.126 e. The van der Waals surface area contributed by atoms with Crippen molar-refractivity contribution in [1.29, 1.82) is 0 Å². The molecule has 0 atom stereocenters. The van der Waals surface area contributed by atoms with Crippen LogP contribution in [0.1, 0.15) is 17.5 Å². The highest BCUT2D eigenvalue weighted by molar-refractivity contribution is 5.40. The molecule has 1 N–H and O–H groups in total. The van der Waals surface area contributed by atoms with E-state index >= 15 is 0 Å². The first-order chi connectivity index (χ1) is 7.79. The van der Waals surface area contributed by atoms with Crippen LogP contribution in [0.15, 0.2) is 18.2 Å². The van der Waals surface area contributed by atoms with Crippen molar-refractivity contribution in [2.75, 3.05) is 27.4 Å². The van der Waals surface area contributed by atoms with Crippen LogP contribution < -0.4 is 10.1 Å². The van der Waals surface area contributed by atoms with E-state index in [2.05, 4.69) is 30.4 Å². The minimum atomic E-state index is 0.704. The number of aryl methyl sites for hydroxylation is 1. The van der Waals surface area contributed by atoms with Gasteiger partial charge >= 0.3 is 0 Å². The van der Waals surface area contributed by atoms with Gasteiger partial charge in [-0.3, -0.25) is 0 Å². The Morgan fingerprint density at radius 1 is 1.25 bits per heavy atom. The van der Waals surface area contributed by atoms with Crippen molar-refractivity contribution in [3.05, 3.63) is 29.3 Å². The molecule has 0 spiro atoms. The molecule has 0 saturated carbocycles. The van der Waals surface area contributed by atoms with Gasteiger partial charge in [0.25, 0.3) is 0 Å². The fourth-order valence-electron chi connectivity index (χ4n) is 1.63. The number of nitrogens with one attached hydrogen (secondary N) is 1. The van der Waals surface area contributed by atoms with Crippen LogP contribution in [-0.2, 0) is 11.3 Å². The highest BCUT2D eigenvalue weighted by Gasteiger charge is 2.05. The first-order valence-corrected chi connectivity index (χ1v) is 5.64. The second-order valence-corrected chi connectivity index (χ2v) is 3.79. The van der Waals surface area contributed by atoms with Crippen molar-refractivity contribution in [3.8, 4) is 5.75 Å². The van der Waals surface area contributed by atoms with Gasteiger partial charge in [-0.1, -0.05) is 18.2 Å². The number of rotatable bonds is 7. The van der Waals surface area contributed by atoms with E-state index in [1.54, 1.807) is 7.11 Å². The summed E-state index contributed by atoms with van der Waals surface area (Å²) in [6, 6.07) is 6.23. The maximum absolute atomic E-state index is 5.80. The second kappa shape index (κ2) is 7.25. The van der Waals surface area contributed by atoms with Gasteiger partial charge < -0.3 is 14.8 Å². The summed E-state index contributed by atoms with van der Waals surface area (Å²) in [6.45, 7) is 4.36. The lowest BCUT2D eigenvalue weighted by atomic mass is 10.1. The third-order valence-electron chi connectivity index (χ3n) is 2.40. The molecule has 0 radical (unpaired) electrons. The fourth-order valence-corrected chi connectivity index (χ4v) is 1.63. The third-order valence-corrected chi connectivity index (χ3v) is 2.40. The Morgan fingerprint density at radius 2 is 2.06 bits per heavy atom. The molecule has 3 nitrogen and oxygen atoms in total. The van der Waals surface area contributed by atoms with E-state index in [0.717, 1.165) is 25.3 Å². The number of para-hydroxylation sites is 1. The molecular weight excluding hydrogens is 202 g/mol. The van der Waals surface area contributed by atoms with Crippen molar-refractivity contribution < 1.29 is 9.47 Å². The molecule has 0 heterocycles. The Balaban J connectivity index is 2.61. The molecule has 3 heteroatoms. The molecule has 0 fully saturated rings. The van der Waals surface area contributed by atoms with Crippen LogP contribution >= 0.6 is 0 Å². The van der Waals surface area contributed by atoms with Crippen LogP contribution in [0, 0.1) is 6.92 Å². The van der Waals surface area contributed by atoms with E-state index in [1.165, 1.54) is 11.1 Å². The normalized spacial score (nSPS) is 10.4. The van der Waals surface area contributed by atoms with E-state index in [-0.39, 0.29) is 0 Å². The van der Waals surface area contributed by atoms with Gasteiger partial charge in [0.2, 0.25) is 0 Å². The zero-order valence-corrected chi connectivity index (χ0v) is 10.4. The van der Waals surface area contributed by atoms with Gasteiger partial charge in [-0.15, -0.1) is 0 Å². The van der Waals surface area contributed by atoms with E-state index in [1.807, 2.05) is 7.05 Å². The van der Waals surface area contributed by atoms with Gasteiger partial charge in [-0.2, -0.15) is 0 Å². The first-order valence-electron chi connectivity index (χ1n) is 5.64. The SMILES string of the molecule is CNCc1cccc(C)c1OCCCOC. The standard InChI is InChI=1S/C13H21NO2/c1-11-6-4-7-12(10-14-2)13(11)16-9-5-8-15-3/h4,6-7,14H,5,8-10H2,1-3H3. The topological polar surface area (TPSA) is 30.5 Å². The maximum atomic E-state index is 5.80. The molecule has 0 aliphatic carbocycles. The summed E-state index contributed by atoms with van der Waals surface area (Å²) >= 11 is 0. The van der Waals surface area contributed by atoms with Gasteiger partial charge in [-0.05, 0) is 19.5 Å². The Bertz CT molecular complexity index is 313. The summed E-state index contributed by atoms with van der Waals surface area (Å²) in [4.78, 5) is 0. The van der Waals surface area contributed by atoms with Crippen LogP contribution in [-0.4, -0.2) is 27.4 Å². The number of hydrogen-bond acceptors (Lipinski definition) is 3. The van der Waals surface area contributed by atoms with E-state index in [4.69, 9.17) is 9.47 Å². The zero-order valence-electron chi connectivity index (χ0n) is 10.4. The van der Waals surface area contributed by atoms with Crippen LogP contribution in [0.2, 0.25) is 0 Å². The molecule has 0 saturated heterocycles. The summed E-state index contributed by atoms with van der Waals surface area (Å²) < 4.78 is 10.8. The lowest BCUT2D eigenvalue weighted by Gasteiger charge is -2.13. The van der Waals surface area contributed by atoms with Crippen molar-refractivity contribution in [2.45, 2.75) is 19.9 Å². The van der Waals surface area contributed by atoms with Gasteiger partial charge in [0.1, 0.15) is 5.75 Å². The molecular formula is C13H21NO2. The zero-order chi connectivity index (χ0) is 11.8. The monoisotopic (exact) mass is 223 g/mol. The second-order valence-electron chi connectivity index (χ2n) is 3.79. The number of hydrogen-bond donors (Lipinski definition) is 1. The van der Waals surface area contributed by atoms with E-state index in [0.29, 0.717) is 6.61 Å². The highest BCUT2D eigenvalue weighted by Crippen LogP contribution is 2.23. The maximum Gasteiger partial charge on any atom is 0.126 e. The molecule has 0 amide bonds. The highest BCUT2D eigenvalue weighted by atomic mass is 16.5. The van der Waals surface area contributed by atoms with Gasteiger partial charge in [0.05, 0.1) is 6.61 Å². The lowest BCUT2D eigenvalue weighted by molar-refractivity contribution is 0.171. The molecule has 90 valence electrons. The Hall–Kier alpha value is -1.06. The Kier molecular flexibility index (Phi) is 5.90. The number of methoxy groups -OCH3 is 1. The van der Waals surface area contributed by atoms with Crippen LogP contribution in [0.4, 0.5) is 0 Å². The van der Waals surface area contributed by atoms with Crippen LogP contribution in [0.3, 0.4) is 0 Å². The van der Waals surface area contributed by atoms with Gasteiger partial charge in [0.15, 0.2) is 0 Å². The summed E-state index contributed by atoms with van der Waals surface area (Å²) in [5.41, 5.74) is 2.39. The molecule has 0 aliphatic heterocycles. The summed E-state index contributed by atoms with van der Waals surface area (Å²) in [5.74, 6) is 1.01. The molecule has 16 heavy (non-hydrogen) atoms. The number of benzene rings is 1. The molecule has 0 aliphatic rings. The van der Waals surface area contributed by atoms with Crippen molar-refractivity contribution in [2.24, 2.45) is 0 Å². The number of ether oxygens (including phenoxy) is 2. The average Bonchev–Trinajstić information content (AvgIpc) is 2.28. The third kappa shape index (κ3) is 3.83. The summed E-state index contributed by atoms with van der Waals surface area (Å²) in [5, 5.41) is 3.15. The molecule has 0 bridgehead atoms. The first kappa shape index (κ1) is 13.0. The summed E-state index contributed by atoms with van der Waals surface area (Å²) in [6.07, 6.45) is 0.920. The lowest BCUT2D eigenvalue weighted by Crippen LogP contribution is -2.09. The van der Waals surface area contributed by atoms with Gasteiger partial charge in [-0.25, -0.2) is 0 Å². The predicted molar refractivity (Wildman–Crippen MR) is 65.9 cm³/mol. The predicted octanol–water partition coefficient (Wildman–Crippen LogP) is 2.13. The van der Waals surface area contributed by atoms with E-state index in [9.17, 15) is 0 Å². The minimum absolute atomic E-state index is 0.704. The minimum Gasteiger partial charge on any atom is -0.493 e. The van der Waals surface area contributed by atoms with E-state index < -0.39 is 0 Å². The average molecular weight is 223 g/mol. The quantitative estimate of drug-likeness (QED) is 0.718. The van der Waals surface area contributed by atoms with Crippen LogP contribution in [0.5, 0.6) is 5.75 Å². The van der Waals surface area contributed by atoms with Crippen LogP contribution in [0.25, 0.3) is 0 Å². The summed E-state index contributed by atoms with van der Waals surface area (Å²) in [7, 11) is 3.65. The fraction of sp³-hybridized carbons (Fsp3) is 0.538. The molecule has 1 aromatic carbocycles. The van der Waals surface area contributed by atoms with Crippen molar-refractivity contribution in [3.63, 3.8) is 0 Å². The van der Waals surface area contributed by atoms with Gasteiger partial charge in [0, 0.05) is 32.2 Å². The Morgan fingerprint density at radius 3 is 2.75 bits per heavy atom. The largest absolute Gasteiger partial charge is 0.493 e. The van der Waals surface area contributed by atoms with Crippen molar-refractivity contribution >= 4 is 0 Å². The Labute approximate surface area is 97.8 Å².